The first-order valence-electron chi connectivity index (χ1n) is 9.88. The lowest BCUT2D eigenvalue weighted by molar-refractivity contribution is 0.0946. The standard InChI is InChI=1S/C23H27N3O2/c1-17-6-5-9-19(14-17)16-26-23(28)21-15-20(11-13-24-21)22(27)25-12-10-18-7-3-2-4-8-18/h5-7,9,11,13-15H,2-4,8,10,12,16H2,1H3,(H,25,27)(H,26,28). The van der Waals surface area contributed by atoms with Crippen molar-refractivity contribution in [3.63, 3.8) is 0 Å². The van der Waals surface area contributed by atoms with Gasteiger partial charge in [-0.3, -0.25) is 14.6 Å². The van der Waals surface area contributed by atoms with E-state index in [0.29, 0.717) is 18.7 Å². The smallest absolute Gasteiger partial charge is 0.270 e. The van der Waals surface area contributed by atoms with E-state index in [-0.39, 0.29) is 17.5 Å². The Bertz CT molecular complexity index is 874. The maximum atomic E-state index is 12.4. The number of hydrogen-bond donors (Lipinski definition) is 2. The van der Waals surface area contributed by atoms with Gasteiger partial charge in [0.05, 0.1) is 0 Å². The average molecular weight is 377 g/mol. The Balaban J connectivity index is 1.52. The molecule has 0 saturated carbocycles. The Hall–Kier alpha value is -2.95. The summed E-state index contributed by atoms with van der Waals surface area (Å²) >= 11 is 0. The number of carbonyl (C=O) groups is 2. The van der Waals surface area contributed by atoms with Crippen molar-refractivity contribution in [2.75, 3.05) is 6.54 Å². The van der Waals surface area contributed by atoms with Crippen LogP contribution in [0.3, 0.4) is 0 Å². The van der Waals surface area contributed by atoms with Crippen LogP contribution in [0.5, 0.6) is 0 Å². The number of nitrogens with one attached hydrogen (secondary N) is 2. The summed E-state index contributed by atoms with van der Waals surface area (Å²) < 4.78 is 0. The summed E-state index contributed by atoms with van der Waals surface area (Å²) in [4.78, 5) is 28.9. The molecule has 0 radical (unpaired) electrons. The zero-order chi connectivity index (χ0) is 19.8. The Kier molecular flexibility index (Phi) is 6.95. The summed E-state index contributed by atoms with van der Waals surface area (Å²) in [6, 6.07) is 11.1. The maximum Gasteiger partial charge on any atom is 0.270 e. The summed E-state index contributed by atoms with van der Waals surface area (Å²) in [5.74, 6) is -0.463. The van der Waals surface area contributed by atoms with E-state index in [4.69, 9.17) is 0 Å². The van der Waals surface area contributed by atoms with Crippen LogP contribution in [-0.4, -0.2) is 23.3 Å². The maximum absolute atomic E-state index is 12.4. The predicted molar refractivity (Wildman–Crippen MR) is 110 cm³/mol. The highest BCUT2D eigenvalue weighted by molar-refractivity contribution is 5.98. The fourth-order valence-corrected chi connectivity index (χ4v) is 3.36. The lowest BCUT2D eigenvalue weighted by Crippen LogP contribution is -2.27. The van der Waals surface area contributed by atoms with Gasteiger partial charge in [0.25, 0.3) is 11.8 Å². The highest BCUT2D eigenvalue weighted by Gasteiger charge is 2.12. The highest BCUT2D eigenvalue weighted by atomic mass is 16.2. The van der Waals surface area contributed by atoms with Crippen molar-refractivity contribution in [1.82, 2.24) is 15.6 Å². The molecule has 2 aromatic rings. The van der Waals surface area contributed by atoms with Crippen molar-refractivity contribution in [3.8, 4) is 0 Å². The summed E-state index contributed by atoms with van der Waals surface area (Å²) in [5.41, 5.74) is 4.30. The number of pyridine rings is 1. The molecule has 2 amide bonds. The molecule has 0 bridgehead atoms. The third-order valence-electron chi connectivity index (χ3n) is 4.91. The number of rotatable bonds is 7. The van der Waals surface area contributed by atoms with Gasteiger partial charge in [-0.1, -0.05) is 41.5 Å². The minimum absolute atomic E-state index is 0.174. The number of nitrogens with zero attached hydrogens (tertiary/aromatic N) is 1. The lowest BCUT2D eigenvalue weighted by atomic mass is 9.97. The lowest BCUT2D eigenvalue weighted by Gasteiger charge is -2.13. The second-order valence-electron chi connectivity index (χ2n) is 7.22. The van der Waals surface area contributed by atoms with E-state index in [9.17, 15) is 9.59 Å². The topological polar surface area (TPSA) is 71.1 Å². The number of benzene rings is 1. The van der Waals surface area contributed by atoms with E-state index in [1.165, 1.54) is 24.6 Å². The van der Waals surface area contributed by atoms with E-state index in [1.807, 2.05) is 31.2 Å². The Labute approximate surface area is 166 Å². The van der Waals surface area contributed by atoms with Crippen LogP contribution in [0.25, 0.3) is 0 Å². The summed E-state index contributed by atoms with van der Waals surface area (Å²) in [7, 11) is 0. The molecule has 0 unspecified atom stereocenters. The molecule has 0 spiro atoms. The molecule has 1 aliphatic rings. The van der Waals surface area contributed by atoms with Gasteiger partial charge in [0.1, 0.15) is 5.69 Å². The highest BCUT2D eigenvalue weighted by Crippen LogP contribution is 2.19. The molecule has 5 nitrogen and oxygen atoms in total. The van der Waals surface area contributed by atoms with Gasteiger partial charge in [-0.15, -0.1) is 0 Å². The summed E-state index contributed by atoms with van der Waals surface area (Å²) in [6.07, 6.45) is 9.47. The molecule has 0 aliphatic heterocycles. The molecule has 1 aromatic carbocycles. The van der Waals surface area contributed by atoms with Crippen molar-refractivity contribution in [3.05, 3.63) is 76.6 Å². The van der Waals surface area contributed by atoms with E-state index in [1.54, 1.807) is 12.1 Å². The molecule has 2 N–H and O–H groups in total. The van der Waals surface area contributed by atoms with Crippen LogP contribution in [0, 0.1) is 6.92 Å². The Morgan fingerprint density at radius 3 is 2.75 bits per heavy atom. The van der Waals surface area contributed by atoms with Gasteiger partial charge in [0.2, 0.25) is 0 Å². The van der Waals surface area contributed by atoms with Gasteiger partial charge in [0, 0.05) is 24.8 Å². The van der Waals surface area contributed by atoms with Crippen LogP contribution in [0.2, 0.25) is 0 Å². The molecule has 3 rings (SSSR count). The van der Waals surface area contributed by atoms with Crippen LogP contribution >= 0.6 is 0 Å². The van der Waals surface area contributed by atoms with E-state index < -0.39 is 0 Å². The van der Waals surface area contributed by atoms with Crippen molar-refractivity contribution >= 4 is 11.8 Å². The van der Waals surface area contributed by atoms with Crippen LogP contribution in [-0.2, 0) is 6.54 Å². The van der Waals surface area contributed by atoms with Crippen molar-refractivity contribution < 1.29 is 9.59 Å². The fraction of sp³-hybridized carbons (Fsp3) is 0.348. The fourth-order valence-electron chi connectivity index (χ4n) is 3.36. The minimum atomic E-state index is -0.288. The largest absolute Gasteiger partial charge is 0.352 e. The van der Waals surface area contributed by atoms with E-state index >= 15 is 0 Å². The van der Waals surface area contributed by atoms with Gasteiger partial charge < -0.3 is 10.6 Å². The molecule has 0 atom stereocenters. The van der Waals surface area contributed by atoms with Gasteiger partial charge in [-0.05, 0) is 56.7 Å². The molecule has 28 heavy (non-hydrogen) atoms. The molecule has 1 heterocycles. The number of amides is 2. The quantitative estimate of drug-likeness (QED) is 0.718. The Morgan fingerprint density at radius 2 is 1.96 bits per heavy atom. The number of aromatic nitrogens is 1. The first-order valence-corrected chi connectivity index (χ1v) is 9.88. The molecule has 1 aromatic heterocycles. The first-order chi connectivity index (χ1) is 13.6. The van der Waals surface area contributed by atoms with Crippen LogP contribution in [0.1, 0.15) is 64.1 Å². The Morgan fingerprint density at radius 1 is 1.07 bits per heavy atom. The van der Waals surface area contributed by atoms with E-state index in [2.05, 4.69) is 21.7 Å². The molecule has 0 fully saturated rings. The van der Waals surface area contributed by atoms with Crippen molar-refractivity contribution in [1.29, 1.82) is 0 Å². The second kappa shape index (κ2) is 9.83. The average Bonchev–Trinajstić information content (AvgIpc) is 2.73. The molecule has 146 valence electrons. The third-order valence-corrected chi connectivity index (χ3v) is 4.91. The monoisotopic (exact) mass is 377 g/mol. The molecule has 0 saturated heterocycles. The van der Waals surface area contributed by atoms with E-state index in [0.717, 1.165) is 30.4 Å². The molecule has 5 heteroatoms. The van der Waals surface area contributed by atoms with Crippen molar-refractivity contribution in [2.24, 2.45) is 0 Å². The van der Waals surface area contributed by atoms with Crippen LogP contribution in [0.15, 0.2) is 54.2 Å². The van der Waals surface area contributed by atoms with Gasteiger partial charge in [0.15, 0.2) is 0 Å². The van der Waals surface area contributed by atoms with Crippen LogP contribution < -0.4 is 10.6 Å². The number of allylic oxidation sites excluding steroid dienone is 1. The molecular weight excluding hydrogens is 350 g/mol. The zero-order valence-corrected chi connectivity index (χ0v) is 16.3. The van der Waals surface area contributed by atoms with Gasteiger partial charge >= 0.3 is 0 Å². The summed E-state index contributed by atoms with van der Waals surface area (Å²) in [6.45, 7) is 3.05. The minimum Gasteiger partial charge on any atom is -0.352 e. The summed E-state index contributed by atoms with van der Waals surface area (Å²) in [5, 5.41) is 5.79. The van der Waals surface area contributed by atoms with Crippen molar-refractivity contribution in [2.45, 2.75) is 45.6 Å². The SMILES string of the molecule is Cc1cccc(CNC(=O)c2cc(C(=O)NCCC3=CCCCC3)ccn2)c1. The zero-order valence-electron chi connectivity index (χ0n) is 16.3. The number of hydrogen-bond acceptors (Lipinski definition) is 3. The predicted octanol–water partition coefficient (Wildman–Crippen LogP) is 3.94. The molecule has 1 aliphatic carbocycles. The third kappa shape index (κ3) is 5.78. The van der Waals surface area contributed by atoms with Gasteiger partial charge in [-0.2, -0.15) is 0 Å². The van der Waals surface area contributed by atoms with Crippen LogP contribution in [0.4, 0.5) is 0 Å². The first kappa shape index (κ1) is 19.8. The van der Waals surface area contributed by atoms with Gasteiger partial charge in [-0.25, -0.2) is 0 Å². The number of aryl methyl sites for hydroxylation is 1. The second-order valence-corrected chi connectivity index (χ2v) is 7.22. The normalized spacial score (nSPS) is 13.5. The molecular formula is C23H27N3O2. The number of carbonyl (C=O) groups excluding carboxylic acids is 2.